The third kappa shape index (κ3) is 2.13. The molecule has 13 heavy (non-hydrogen) atoms. The average molecular weight is 242 g/mol. The maximum absolute atomic E-state index is 13.1. The normalized spacial score (nSPS) is 14.2. The lowest BCUT2D eigenvalue weighted by Gasteiger charge is -2.06. The van der Waals surface area contributed by atoms with Gasteiger partial charge >= 0.3 is 4.58 Å². The molecule has 1 atom stereocenters. The highest BCUT2D eigenvalue weighted by Gasteiger charge is 2.35. The molecule has 1 unspecified atom stereocenters. The molecular formula is C9H5BrFNO. The zero-order valence-electron chi connectivity index (χ0n) is 6.50. The molecule has 0 fully saturated rings. The molecule has 0 aliphatic carbocycles. The minimum absolute atomic E-state index is 0.170. The number of ketones is 1. The Balaban J connectivity index is 3.01. The molecule has 0 aliphatic rings. The van der Waals surface area contributed by atoms with Gasteiger partial charge in [-0.05, 0) is 15.9 Å². The number of nitrogens with zero attached hydrogens (tertiary/aromatic N) is 1. The van der Waals surface area contributed by atoms with Crippen LogP contribution in [0.15, 0.2) is 30.3 Å². The Hall–Kier alpha value is -1.21. The number of Topliss-reactive ketones (excluding diaryl/α,β-unsaturated/α-hetero) is 1. The molecule has 1 aromatic carbocycles. The van der Waals surface area contributed by atoms with Crippen LogP contribution in [0.4, 0.5) is 4.39 Å². The standard InChI is InChI=1S/C9H5BrFNO/c10-9(11,6-12)8(13)7-4-2-1-3-5-7/h1-5H. The largest absolute Gasteiger partial charge is 0.311 e. The van der Waals surface area contributed by atoms with Gasteiger partial charge in [-0.15, -0.1) is 0 Å². The summed E-state index contributed by atoms with van der Waals surface area (Å²) in [5.41, 5.74) is 0.170. The van der Waals surface area contributed by atoms with E-state index in [4.69, 9.17) is 5.26 Å². The molecule has 0 aliphatic heterocycles. The van der Waals surface area contributed by atoms with Gasteiger partial charge < -0.3 is 0 Å². The van der Waals surface area contributed by atoms with Gasteiger partial charge in [0.05, 0.1) is 0 Å². The van der Waals surface area contributed by atoms with Crippen molar-refractivity contribution in [2.24, 2.45) is 0 Å². The van der Waals surface area contributed by atoms with Crippen LogP contribution in [0.5, 0.6) is 0 Å². The number of rotatable bonds is 2. The summed E-state index contributed by atoms with van der Waals surface area (Å²) in [6, 6.07) is 9.06. The smallest absolute Gasteiger partial charge is 0.288 e. The summed E-state index contributed by atoms with van der Waals surface area (Å²) < 4.78 is 10.5. The van der Waals surface area contributed by atoms with Crippen molar-refractivity contribution >= 4 is 21.7 Å². The highest BCUT2D eigenvalue weighted by Crippen LogP contribution is 2.23. The molecule has 0 saturated carbocycles. The zero-order valence-corrected chi connectivity index (χ0v) is 8.08. The number of carbonyl (C=O) groups is 1. The molecule has 0 N–H and O–H groups in total. The zero-order chi connectivity index (χ0) is 9.90. The highest BCUT2D eigenvalue weighted by molar-refractivity contribution is 9.10. The predicted octanol–water partition coefficient (Wildman–Crippen LogP) is 2.45. The van der Waals surface area contributed by atoms with E-state index in [1.165, 1.54) is 18.2 Å². The summed E-state index contributed by atoms with van der Waals surface area (Å²) in [5, 5.41) is 8.33. The lowest BCUT2D eigenvalue weighted by atomic mass is 10.1. The third-order valence-electron chi connectivity index (χ3n) is 1.46. The summed E-state index contributed by atoms with van der Waals surface area (Å²) in [6.45, 7) is 0. The molecule has 1 aromatic rings. The van der Waals surface area contributed by atoms with Crippen LogP contribution in [0.1, 0.15) is 10.4 Å². The monoisotopic (exact) mass is 241 g/mol. The van der Waals surface area contributed by atoms with Gasteiger partial charge in [-0.25, -0.2) is 4.39 Å². The van der Waals surface area contributed by atoms with E-state index in [2.05, 4.69) is 15.9 Å². The first-order valence-electron chi connectivity index (χ1n) is 3.47. The fourth-order valence-corrected chi connectivity index (χ4v) is 1.05. The number of benzene rings is 1. The third-order valence-corrected chi connectivity index (χ3v) is 2.00. The van der Waals surface area contributed by atoms with Gasteiger partial charge in [0.1, 0.15) is 6.07 Å². The summed E-state index contributed by atoms with van der Waals surface area (Å²) in [5.74, 6) is -0.879. The quantitative estimate of drug-likeness (QED) is 0.590. The SMILES string of the molecule is N#CC(F)(Br)C(=O)c1ccccc1. The molecule has 0 heterocycles. The molecule has 4 heteroatoms. The van der Waals surface area contributed by atoms with Gasteiger partial charge in [0.15, 0.2) is 0 Å². The Morgan fingerprint density at radius 2 is 2.00 bits per heavy atom. The Bertz CT molecular complexity index is 356. The summed E-state index contributed by atoms with van der Waals surface area (Å²) in [4.78, 5) is 11.3. The Morgan fingerprint density at radius 3 is 2.46 bits per heavy atom. The second-order valence-corrected chi connectivity index (χ2v) is 3.47. The Morgan fingerprint density at radius 1 is 1.46 bits per heavy atom. The van der Waals surface area contributed by atoms with Crippen molar-refractivity contribution in [2.45, 2.75) is 4.58 Å². The molecule has 0 amide bonds. The molecule has 0 spiro atoms. The van der Waals surface area contributed by atoms with E-state index in [9.17, 15) is 9.18 Å². The van der Waals surface area contributed by atoms with Gasteiger partial charge in [0.2, 0.25) is 5.78 Å². The first-order valence-corrected chi connectivity index (χ1v) is 4.26. The summed E-state index contributed by atoms with van der Waals surface area (Å²) >= 11 is 2.41. The topological polar surface area (TPSA) is 40.9 Å². The summed E-state index contributed by atoms with van der Waals surface area (Å²) in [7, 11) is 0. The second-order valence-electron chi connectivity index (χ2n) is 2.38. The van der Waals surface area contributed by atoms with Gasteiger partial charge in [-0.1, -0.05) is 30.3 Å². The molecule has 0 aromatic heterocycles. The fourth-order valence-electron chi connectivity index (χ4n) is 0.822. The van der Waals surface area contributed by atoms with Crippen LogP contribution < -0.4 is 0 Å². The van der Waals surface area contributed by atoms with Crippen LogP contribution in [0, 0.1) is 11.3 Å². The van der Waals surface area contributed by atoms with E-state index in [0.717, 1.165) is 0 Å². The van der Waals surface area contributed by atoms with Crippen LogP contribution in [0.2, 0.25) is 0 Å². The average Bonchev–Trinajstić information content (AvgIpc) is 2.18. The van der Waals surface area contributed by atoms with E-state index < -0.39 is 10.4 Å². The lowest BCUT2D eigenvalue weighted by Crippen LogP contribution is -2.24. The minimum Gasteiger partial charge on any atom is -0.288 e. The van der Waals surface area contributed by atoms with Gasteiger partial charge in [0.25, 0.3) is 0 Å². The number of hydrogen-bond acceptors (Lipinski definition) is 2. The maximum atomic E-state index is 13.1. The minimum atomic E-state index is -2.62. The molecular weight excluding hydrogens is 237 g/mol. The van der Waals surface area contributed by atoms with Crippen LogP contribution in [-0.4, -0.2) is 10.4 Å². The van der Waals surface area contributed by atoms with Crippen molar-refractivity contribution in [3.63, 3.8) is 0 Å². The Kier molecular flexibility index (Phi) is 2.79. The van der Waals surface area contributed by atoms with Crippen LogP contribution >= 0.6 is 15.9 Å². The van der Waals surface area contributed by atoms with E-state index in [1.54, 1.807) is 18.2 Å². The molecule has 1 rings (SSSR count). The molecule has 0 radical (unpaired) electrons. The van der Waals surface area contributed by atoms with Crippen molar-refractivity contribution in [2.75, 3.05) is 0 Å². The summed E-state index contributed by atoms with van der Waals surface area (Å²) in [6.07, 6.45) is 0. The van der Waals surface area contributed by atoms with Crippen LogP contribution in [-0.2, 0) is 0 Å². The number of nitriles is 1. The number of halogens is 2. The predicted molar refractivity (Wildman–Crippen MR) is 49.2 cm³/mol. The van der Waals surface area contributed by atoms with Crippen molar-refractivity contribution in [1.29, 1.82) is 5.26 Å². The van der Waals surface area contributed by atoms with E-state index in [1.807, 2.05) is 0 Å². The fraction of sp³-hybridized carbons (Fsp3) is 0.111. The van der Waals surface area contributed by atoms with Crippen molar-refractivity contribution in [3.05, 3.63) is 35.9 Å². The number of carbonyl (C=O) groups excluding carboxylic acids is 1. The van der Waals surface area contributed by atoms with Crippen molar-refractivity contribution in [3.8, 4) is 6.07 Å². The van der Waals surface area contributed by atoms with E-state index >= 15 is 0 Å². The van der Waals surface area contributed by atoms with Crippen molar-refractivity contribution in [1.82, 2.24) is 0 Å². The number of hydrogen-bond donors (Lipinski definition) is 0. The van der Waals surface area contributed by atoms with Gasteiger partial charge in [-0.3, -0.25) is 4.79 Å². The van der Waals surface area contributed by atoms with E-state index in [-0.39, 0.29) is 5.56 Å². The Labute approximate surface area is 83.1 Å². The lowest BCUT2D eigenvalue weighted by molar-refractivity contribution is 0.0898. The first kappa shape index (κ1) is 9.87. The highest BCUT2D eigenvalue weighted by atomic mass is 79.9. The van der Waals surface area contributed by atoms with Crippen LogP contribution in [0.25, 0.3) is 0 Å². The van der Waals surface area contributed by atoms with Crippen LogP contribution in [0.3, 0.4) is 0 Å². The number of alkyl halides is 2. The van der Waals surface area contributed by atoms with Gasteiger partial charge in [-0.2, -0.15) is 5.26 Å². The molecule has 66 valence electrons. The molecule has 0 saturated heterocycles. The second kappa shape index (κ2) is 3.67. The molecule has 2 nitrogen and oxygen atoms in total. The van der Waals surface area contributed by atoms with E-state index in [0.29, 0.717) is 0 Å². The van der Waals surface area contributed by atoms with Crippen molar-refractivity contribution < 1.29 is 9.18 Å². The molecule has 0 bridgehead atoms. The maximum Gasteiger partial charge on any atom is 0.311 e. The van der Waals surface area contributed by atoms with Gasteiger partial charge in [0, 0.05) is 5.56 Å². The first-order chi connectivity index (χ1) is 6.08.